The summed E-state index contributed by atoms with van der Waals surface area (Å²) >= 11 is 0. The van der Waals surface area contributed by atoms with E-state index in [0.29, 0.717) is 23.1 Å². The van der Waals surface area contributed by atoms with Gasteiger partial charge in [0.1, 0.15) is 5.58 Å². The number of nitrogens with zero attached hydrogens (tertiary/aromatic N) is 2. The first-order valence-corrected chi connectivity index (χ1v) is 10.9. The summed E-state index contributed by atoms with van der Waals surface area (Å²) in [6.45, 7) is 6.75. The number of hydrogen-bond donors (Lipinski definition) is 0. The molecule has 1 amide bonds. The molecule has 0 aliphatic carbocycles. The first-order chi connectivity index (χ1) is 15.1. The van der Waals surface area contributed by atoms with Crippen molar-refractivity contribution >= 4 is 16.9 Å². The van der Waals surface area contributed by atoms with Crippen LogP contribution in [0.2, 0.25) is 0 Å². The Labute approximate surface area is 181 Å². The molecular formula is C25H26N2O4. The van der Waals surface area contributed by atoms with E-state index in [1.54, 1.807) is 11.0 Å². The lowest BCUT2D eigenvalue weighted by molar-refractivity contribution is 0.0353. The fraction of sp³-hybridized carbons (Fsp3) is 0.360. The van der Waals surface area contributed by atoms with Gasteiger partial charge in [0.05, 0.1) is 30.2 Å². The van der Waals surface area contributed by atoms with Crippen LogP contribution < -0.4 is 5.43 Å². The van der Waals surface area contributed by atoms with Crippen LogP contribution in [0.15, 0.2) is 57.7 Å². The SMILES string of the molecule is Cc1ccc2oc3c(c(=O)c2c1)[C@@H](c1ccccc1)N(CCCN1CCOCC1)C3=O. The number of aryl methyl sites for hydroxylation is 1. The summed E-state index contributed by atoms with van der Waals surface area (Å²) < 4.78 is 11.4. The van der Waals surface area contributed by atoms with Gasteiger partial charge in [-0.25, -0.2) is 0 Å². The first-order valence-electron chi connectivity index (χ1n) is 10.9. The lowest BCUT2D eigenvalue weighted by Crippen LogP contribution is -2.38. The van der Waals surface area contributed by atoms with Gasteiger partial charge in [0, 0.05) is 26.2 Å². The summed E-state index contributed by atoms with van der Waals surface area (Å²) in [4.78, 5) is 31.1. The Morgan fingerprint density at radius 2 is 1.77 bits per heavy atom. The van der Waals surface area contributed by atoms with Crippen molar-refractivity contribution in [2.45, 2.75) is 19.4 Å². The molecular weight excluding hydrogens is 392 g/mol. The van der Waals surface area contributed by atoms with Gasteiger partial charge in [-0.15, -0.1) is 0 Å². The molecule has 0 bridgehead atoms. The molecule has 0 unspecified atom stereocenters. The lowest BCUT2D eigenvalue weighted by atomic mass is 9.98. The molecule has 1 saturated heterocycles. The van der Waals surface area contributed by atoms with Crippen LogP contribution in [0.3, 0.4) is 0 Å². The normalized spacial score (nSPS) is 19.2. The summed E-state index contributed by atoms with van der Waals surface area (Å²) in [5, 5.41) is 0.530. The topological polar surface area (TPSA) is 63.0 Å². The van der Waals surface area contributed by atoms with Crippen LogP contribution in [0.25, 0.3) is 11.0 Å². The average Bonchev–Trinajstić information content (AvgIpc) is 3.08. The van der Waals surface area contributed by atoms with Gasteiger partial charge in [-0.3, -0.25) is 14.5 Å². The zero-order chi connectivity index (χ0) is 21.4. The van der Waals surface area contributed by atoms with E-state index in [9.17, 15) is 9.59 Å². The van der Waals surface area contributed by atoms with Gasteiger partial charge >= 0.3 is 0 Å². The maximum Gasteiger partial charge on any atom is 0.290 e. The molecule has 3 heterocycles. The Bertz CT molecular complexity index is 1170. The van der Waals surface area contributed by atoms with Gasteiger partial charge < -0.3 is 14.1 Å². The number of carbonyl (C=O) groups is 1. The van der Waals surface area contributed by atoms with E-state index in [1.165, 1.54) is 0 Å². The van der Waals surface area contributed by atoms with Crippen molar-refractivity contribution in [1.82, 2.24) is 9.80 Å². The monoisotopic (exact) mass is 418 g/mol. The molecule has 6 heteroatoms. The molecule has 0 spiro atoms. The third kappa shape index (κ3) is 3.66. The molecule has 2 aromatic carbocycles. The zero-order valence-electron chi connectivity index (χ0n) is 17.7. The standard InChI is InChI=1S/C25H26N2O4/c1-17-8-9-20-19(16-17)23(28)21-22(18-6-3-2-4-7-18)27(25(29)24(21)31-20)11-5-10-26-12-14-30-15-13-26/h2-4,6-9,16,22H,5,10-15H2,1H3/t22-/m1/s1. The predicted molar refractivity (Wildman–Crippen MR) is 118 cm³/mol. The number of hydrogen-bond acceptors (Lipinski definition) is 5. The number of carbonyl (C=O) groups excluding carboxylic acids is 1. The molecule has 2 aliphatic heterocycles. The number of morpholine rings is 1. The van der Waals surface area contributed by atoms with E-state index in [-0.39, 0.29) is 17.1 Å². The minimum atomic E-state index is -0.422. The highest BCUT2D eigenvalue weighted by molar-refractivity contribution is 5.99. The van der Waals surface area contributed by atoms with Crippen molar-refractivity contribution in [2.75, 3.05) is 39.4 Å². The summed E-state index contributed by atoms with van der Waals surface area (Å²) in [6.07, 6.45) is 0.829. The fourth-order valence-electron chi connectivity index (χ4n) is 4.64. The van der Waals surface area contributed by atoms with Gasteiger partial charge in [0.25, 0.3) is 5.91 Å². The average molecular weight is 418 g/mol. The zero-order valence-corrected chi connectivity index (χ0v) is 17.7. The maximum atomic E-state index is 13.5. The molecule has 1 aromatic heterocycles. The van der Waals surface area contributed by atoms with Gasteiger partial charge in [-0.2, -0.15) is 0 Å². The van der Waals surface area contributed by atoms with Crippen LogP contribution in [0.4, 0.5) is 0 Å². The highest BCUT2D eigenvalue weighted by Crippen LogP contribution is 2.38. The second-order valence-corrected chi connectivity index (χ2v) is 8.29. The molecule has 0 saturated carbocycles. The molecule has 160 valence electrons. The van der Waals surface area contributed by atoms with Gasteiger partial charge in [-0.1, -0.05) is 42.0 Å². The van der Waals surface area contributed by atoms with Crippen LogP contribution in [0, 0.1) is 6.92 Å². The Morgan fingerprint density at radius 1 is 1.00 bits per heavy atom. The van der Waals surface area contributed by atoms with Gasteiger partial charge in [0.2, 0.25) is 5.76 Å². The Morgan fingerprint density at radius 3 is 2.55 bits per heavy atom. The Kier molecular flexibility index (Phi) is 5.34. The van der Waals surface area contributed by atoms with E-state index >= 15 is 0 Å². The number of rotatable bonds is 5. The highest BCUT2D eigenvalue weighted by Gasteiger charge is 2.42. The minimum Gasteiger partial charge on any atom is -0.450 e. The van der Waals surface area contributed by atoms with E-state index in [2.05, 4.69) is 4.90 Å². The van der Waals surface area contributed by atoms with Crippen molar-refractivity contribution in [2.24, 2.45) is 0 Å². The fourth-order valence-corrected chi connectivity index (χ4v) is 4.64. The third-order valence-corrected chi connectivity index (χ3v) is 6.21. The molecule has 3 aromatic rings. The van der Waals surface area contributed by atoms with Crippen LogP contribution in [0.1, 0.15) is 39.7 Å². The van der Waals surface area contributed by atoms with Crippen molar-refractivity contribution in [3.63, 3.8) is 0 Å². The maximum absolute atomic E-state index is 13.5. The van der Waals surface area contributed by atoms with Crippen LogP contribution in [-0.2, 0) is 4.74 Å². The number of fused-ring (bicyclic) bond motifs is 2. The molecule has 0 N–H and O–H groups in total. The van der Waals surface area contributed by atoms with Crippen LogP contribution in [0.5, 0.6) is 0 Å². The highest BCUT2D eigenvalue weighted by atomic mass is 16.5. The summed E-state index contributed by atoms with van der Waals surface area (Å²) in [5.74, 6) is -0.0213. The van der Waals surface area contributed by atoms with Crippen molar-refractivity contribution in [3.05, 3.63) is 81.2 Å². The minimum absolute atomic E-state index is 0.113. The Hall–Kier alpha value is -2.96. The van der Waals surface area contributed by atoms with Crippen LogP contribution in [-0.4, -0.2) is 55.1 Å². The summed E-state index contributed by atoms with van der Waals surface area (Å²) in [7, 11) is 0. The van der Waals surface area contributed by atoms with E-state index < -0.39 is 6.04 Å². The predicted octanol–water partition coefficient (Wildman–Crippen LogP) is 3.37. The quantitative estimate of drug-likeness (QED) is 0.636. The van der Waals surface area contributed by atoms with E-state index in [1.807, 2.05) is 49.4 Å². The van der Waals surface area contributed by atoms with Crippen LogP contribution >= 0.6 is 0 Å². The first kappa shape index (κ1) is 20.0. The van der Waals surface area contributed by atoms with Gasteiger partial charge in [-0.05, 0) is 31.0 Å². The number of amides is 1. The second-order valence-electron chi connectivity index (χ2n) is 8.29. The van der Waals surface area contributed by atoms with Crippen molar-refractivity contribution in [3.8, 4) is 0 Å². The largest absolute Gasteiger partial charge is 0.450 e. The van der Waals surface area contributed by atoms with Crippen molar-refractivity contribution < 1.29 is 13.9 Å². The lowest BCUT2D eigenvalue weighted by Gasteiger charge is -2.29. The molecule has 6 nitrogen and oxygen atoms in total. The molecule has 0 radical (unpaired) electrons. The molecule has 1 fully saturated rings. The van der Waals surface area contributed by atoms with Crippen molar-refractivity contribution in [1.29, 1.82) is 0 Å². The second kappa shape index (κ2) is 8.29. The summed E-state index contributed by atoms with van der Waals surface area (Å²) in [6, 6.07) is 14.9. The van der Waals surface area contributed by atoms with E-state index in [4.69, 9.17) is 9.15 Å². The summed E-state index contributed by atoms with van der Waals surface area (Å²) in [5.41, 5.74) is 2.73. The molecule has 1 atom stereocenters. The van der Waals surface area contributed by atoms with E-state index in [0.717, 1.165) is 50.4 Å². The smallest absolute Gasteiger partial charge is 0.290 e. The Balaban J connectivity index is 1.52. The molecule has 2 aliphatic rings. The number of ether oxygens (including phenoxy) is 1. The third-order valence-electron chi connectivity index (χ3n) is 6.21. The van der Waals surface area contributed by atoms with Gasteiger partial charge in [0.15, 0.2) is 5.43 Å². The molecule has 5 rings (SSSR count). The molecule has 31 heavy (non-hydrogen) atoms. The number of benzene rings is 2.